The summed E-state index contributed by atoms with van der Waals surface area (Å²) in [4.78, 5) is 16.2. The normalized spacial score (nSPS) is 11.0. The van der Waals surface area contributed by atoms with Crippen LogP contribution in [-0.2, 0) is 0 Å². The number of anilines is 2. The van der Waals surface area contributed by atoms with E-state index in [0.717, 1.165) is 5.82 Å². The highest BCUT2D eigenvalue weighted by atomic mass is 19.1. The first-order valence-corrected chi connectivity index (χ1v) is 6.65. The molecule has 0 fully saturated rings. The first kappa shape index (κ1) is 15.0. The molecule has 2 rings (SSSR count). The van der Waals surface area contributed by atoms with Crippen molar-refractivity contribution in [3.8, 4) is 0 Å². The summed E-state index contributed by atoms with van der Waals surface area (Å²) in [5.41, 5.74) is 0.745. The van der Waals surface area contributed by atoms with Gasteiger partial charge < -0.3 is 10.6 Å². The van der Waals surface area contributed by atoms with Gasteiger partial charge in [-0.1, -0.05) is 6.07 Å². The van der Waals surface area contributed by atoms with Crippen LogP contribution in [0, 0.1) is 5.82 Å². The van der Waals surface area contributed by atoms with Crippen LogP contribution in [0.4, 0.5) is 15.9 Å². The van der Waals surface area contributed by atoms with Gasteiger partial charge in [0.2, 0.25) is 0 Å². The van der Waals surface area contributed by atoms with Gasteiger partial charge in [0.05, 0.1) is 11.9 Å². The topological polar surface area (TPSA) is 54.0 Å². The van der Waals surface area contributed by atoms with Crippen LogP contribution in [0.1, 0.15) is 31.1 Å². The zero-order chi connectivity index (χ0) is 15.5. The molecule has 0 radical (unpaired) electrons. The molecule has 0 unspecified atom stereocenters. The molecule has 0 atom stereocenters. The number of carbonyl (C=O) groups is 1. The smallest absolute Gasteiger partial charge is 0.255 e. The number of amides is 1. The lowest BCUT2D eigenvalue weighted by atomic mass is 10.1. The summed E-state index contributed by atoms with van der Waals surface area (Å²) in [6.45, 7) is 6.11. The van der Waals surface area contributed by atoms with E-state index >= 15 is 0 Å². The number of carbonyl (C=O) groups excluding carboxylic acids is 1. The Morgan fingerprint density at radius 2 is 1.95 bits per heavy atom. The Morgan fingerprint density at radius 1 is 1.19 bits per heavy atom. The number of benzene rings is 1. The van der Waals surface area contributed by atoms with Crippen molar-refractivity contribution in [2.45, 2.75) is 26.3 Å². The monoisotopic (exact) mass is 287 g/mol. The van der Waals surface area contributed by atoms with Gasteiger partial charge in [0.15, 0.2) is 0 Å². The van der Waals surface area contributed by atoms with Gasteiger partial charge in [-0.25, -0.2) is 9.37 Å². The Morgan fingerprint density at radius 3 is 2.52 bits per heavy atom. The number of hydrogen-bond acceptors (Lipinski definition) is 3. The number of halogens is 1. The van der Waals surface area contributed by atoms with Crippen LogP contribution in [0.15, 0.2) is 42.6 Å². The highest BCUT2D eigenvalue weighted by Crippen LogP contribution is 2.15. The molecular weight excluding hydrogens is 269 g/mol. The van der Waals surface area contributed by atoms with Gasteiger partial charge in [-0.2, -0.15) is 0 Å². The molecule has 1 heterocycles. The number of pyridine rings is 1. The van der Waals surface area contributed by atoms with E-state index in [-0.39, 0.29) is 17.0 Å². The molecule has 0 spiro atoms. The Hall–Kier alpha value is -2.43. The predicted molar refractivity (Wildman–Crippen MR) is 82.0 cm³/mol. The van der Waals surface area contributed by atoms with E-state index in [0.29, 0.717) is 5.69 Å². The molecular formula is C16H18FN3O. The van der Waals surface area contributed by atoms with E-state index in [1.54, 1.807) is 24.4 Å². The molecule has 1 aromatic carbocycles. The van der Waals surface area contributed by atoms with Gasteiger partial charge in [0, 0.05) is 11.1 Å². The zero-order valence-electron chi connectivity index (χ0n) is 12.3. The third kappa shape index (κ3) is 4.56. The molecule has 0 saturated heterocycles. The van der Waals surface area contributed by atoms with Gasteiger partial charge >= 0.3 is 0 Å². The second-order valence-electron chi connectivity index (χ2n) is 5.77. The summed E-state index contributed by atoms with van der Waals surface area (Å²) >= 11 is 0. The second-order valence-corrected chi connectivity index (χ2v) is 5.77. The molecule has 2 aromatic rings. The Kier molecular flexibility index (Phi) is 4.21. The lowest BCUT2D eigenvalue weighted by Crippen LogP contribution is -2.26. The number of aromatic nitrogens is 1. The van der Waals surface area contributed by atoms with Crippen molar-refractivity contribution in [3.63, 3.8) is 0 Å². The van der Waals surface area contributed by atoms with Crippen molar-refractivity contribution in [2.75, 3.05) is 10.6 Å². The summed E-state index contributed by atoms with van der Waals surface area (Å²) in [7, 11) is 0. The summed E-state index contributed by atoms with van der Waals surface area (Å²) < 4.78 is 13.1. The molecule has 0 aliphatic rings. The van der Waals surface area contributed by atoms with Crippen molar-refractivity contribution in [2.24, 2.45) is 0 Å². The lowest BCUT2D eigenvalue weighted by molar-refractivity contribution is 0.102. The van der Waals surface area contributed by atoms with E-state index in [9.17, 15) is 9.18 Å². The molecule has 110 valence electrons. The molecule has 0 saturated carbocycles. The van der Waals surface area contributed by atoms with Crippen LogP contribution in [0.25, 0.3) is 0 Å². The van der Waals surface area contributed by atoms with E-state index in [1.807, 2.05) is 20.8 Å². The van der Waals surface area contributed by atoms with E-state index in [1.165, 1.54) is 18.2 Å². The minimum Gasteiger partial charge on any atom is -0.365 e. The first-order chi connectivity index (χ1) is 9.83. The van der Waals surface area contributed by atoms with Gasteiger partial charge in [0.25, 0.3) is 5.91 Å². The van der Waals surface area contributed by atoms with Crippen LogP contribution in [-0.4, -0.2) is 16.4 Å². The van der Waals surface area contributed by atoms with E-state index in [2.05, 4.69) is 15.6 Å². The maximum atomic E-state index is 13.1. The third-order valence-electron chi connectivity index (χ3n) is 2.61. The van der Waals surface area contributed by atoms with Crippen molar-refractivity contribution in [1.29, 1.82) is 0 Å². The molecule has 0 bridgehead atoms. The standard InChI is InChI=1S/C16H18FN3O/c1-16(2,3)20-14-8-7-13(10-18-14)19-15(21)11-5-4-6-12(17)9-11/h4-10H,1-3H3,(H,18,20)(H,19,21). The highest BCUT2D eigenvalue weighted by molar-refractivity contribution is 6.04. The summed E-state index contributed by atoms with van der Waals surface area (Å²) in [5, 5.41) is 5.91. The Balaban J connectivity index is 2.05. The van der Waals surface area contributed by atoms with Crippen molar-refractivity contribution >= 4 is 17.4 Å². The Bertz CT molecular complexity index is 633. The fraction of sp³-hybridized carbons (Fsp3) is 0.250. The number of rotatable bonds is 3. The SMILES string of the molecule is CC(C)(C)Nc1ccc(NC(=O)c2cccc(F)c2)cn1. The molecule has 21 heavy (non-hydrogen) atoms. The third-order valence-corrected chi connectivity index (χ3v) is 2.61. The molecule has 0 aliphatic carbocycles. The van der Waals surface area contributed by atoms with Gasteiger partial charge in [0.1, 0.15) is 11.6 Å². The lowest BCUT2D eigenvalue weighted by Gasteiger charge is -2.21. The largest absolute Gasteiger partial charge is 0.365 e. The molecule has 0 aliphatic heterocycles. The minimum absolute atomic E-state index is 0.0840. The van der Waals surface area contributed by atoms with Crippen LogP contribution < -0.4 is 10.6 Å². The predicted octanol–water partition coefficient (Wildman–Crippen LogP) is 3.68. The number of nitrogens with one attached hydrogen (secondary N) is 2. The van der Waals surface area contributed by atoms with Crippen molar-refractivity contribution < 1.29 is 9.18 Å². The summed E-state index contributed by atoms with van der Waals surface area (Å²) in [6, 6.07) is 9.08. The van der Waals surface area contributed by atoms with Crippen molar-refractivity contribution in [1.82, 2.24) is 4.98 Å². The fourth-order valence-corrected chi connectivity index (χ4v) is 1.76. The van der Waals surface area contributed by atoms with Gasteiger partial charge in [-0.15, -0.1) is 0 Å². The second kappa shape index (κ2) is 5.91. The van der Waals surface area contributed by atoms with E-state index in [4.69, 9.17) is 0 Å². The number of hydrogen-bond donors (Lipinski definition) is 2. The summed E-state index contributed by atoms with van der Waals surface area (Å²) in [6.07, 6.45) is 1.56. The quantitative estimate of drug-likeness (QED) is 0.905. The molecule has 2 N–H and O–H groups in total. The molecule has 5 heteroatoms. The van der Waals surface area contributed by atoms with E-state index < -0.39 is 5.82 Å². The Labute approximate surface area is 123 Å². The van der Waals surface area contributed by atoms with Gasteiger partial charge in [-0.3, -0.25) is 4.79 Å². The average Bonchev–Trinajstić information content (AvgIpc) is 2.39. The minimum atomic E-state index is -0.439. The highest BCUT2D eigenvalue weighted by Gasteiger charge is 2.10. The number of nitrogens with zero attached hydrogens (tertiary/aromatic N) is 1. The average molecular weight is 287 g/mol. The van der Waals surface area contributed by atoms with Crippen LogP contribution in [0.3, 0.4) is 0 Å². The zero-order valence-corrected chi connectivity index (χ0v) is 12.3. The van der Waals surface area contributed by atoms with Crippen LogP contribution >= 0.6 is 0 Å². The molecule has 4 nitrogen and oxygen atoms in total. The van der Waals surface area contributed by atoms with Crippen LogP contribution in [0.2, 0.25) is 0 Å². The first-order valence-electron chi connectivity index (χ1n) is 6.65. The fourth-order valence-electron chi connectivity index (χ4n) is 1.76. The maximum absolute atomic E-state index is 13.1. The van der Waals surface area contributed by atoms with Crippen LogP contribution in [0.5, 0.6) is 0 Å². The molecule has 1 aromatic heterocycles. The molecule has 1 amide bonds. The summed E-state index contributed by atoms with van der Waals surface area (Å²) in [5.74, 6) is -0.0791. The van der Waals surface area contributed by atoms with Crippen molar-refractivity contribution in [3.05, 3.63) is 54.0 Å². The van der Waals surface area contributed by atoms with Gasteiger partial charge in [-0.05, 0) is 51.1 Å². The maximum Gasteiger partial charge on any atom is 0.255 e.